The zero-order chi connectivity index (χ0) is 6.74. The van der Waals surface area contributed by atoms with Crippen LogP contribution < -0.4 is 0 Å². The highest BCUT2D eigenvalue weighted by atomic mass is 16.5. The van der Waals surface area contributed by atoms with Crippen molar-refractivity contribution in [2.75, 3.05) is 13.2 Å². The first kappa shape index (κ1) is 6.64. The Balaban J connectivity index is 2.49. The van der Waals surface area contributed by atoms with Crippen molar-refractivity contribution >= 4 is 0 Å². The van der Waals surface area contributed by atoms with Crippen LogP contribution in [0.5, 0.6) is 0 Å². The highest BCUT2D eigenvalue weighted by Gasteiger charge is 2.23. The summed E-state index contributed by atoms with van der Waals surface area (Å²) in [6.07, 6.45) is 7.37. The van der Waals surface area contributed by atoms with Crippen LogP contribution in [0, 0.1) is 17.8 Å². The number of hydrogen-bond acceptors (Lipinski definition) is 1. The molecule has 0 amide bonds. The molecule has 1 aliphatic rings. The Morgan fingerprint density at radius 3 is 2.33 bits per heavy atom. The molecule has 50 valence electrons. The average molecular weight is 124 g/mol. The molecule has 1 rings (SSSR count). The van der Waals surface area contributed by atoms with Crippen molar-refractivity contribution < 1.29 is 4.74 Å². The molecule has 0 spiro atoms. The minimum absolute atomic E-state index is 0.123. The Hall–Kier alpha value is -0.480. The van der Waals surface area contributed by atoms with E-state index in [4.69, 9.17) is 11.2 Å². The fraction of sp³-hybridized carbons (Fsp3) is 0.750. The third kappa shape index (κ3) is 1.46. The van der Waals surface area contributed by atoms with Gasteiger partial charge in [-0.15, -0.1) is 12.3 Å². The predicted molar refractivity (Wildman–Crippen MR) is 37.0 cm³/mol. The van der Waals surface area contributed by atoms with E-state index in [1.54, 1.807) is 0 Å². The van der Waals surface area contributed by atoms with Gasteiger partial charge in [0.15, 0.2) is 0 Å². The van der Waals surface area contributed by atoms with E-state index in [1.165, 1.54) is 0 Å². The predicted octanol–water partition coefficient (Wildman–Crippen LogP) is 1.44. The zero-order valence-corrected chi connectivity index (χ0v) is 5.81. The molecule has 0 aromatic carbocycles. The largest absolute Gasteiger partial charge is 0.381 e. The minimum atomic E-state index is 0.123. The molecule has 1 heterocycles. The molecule has 9 heavy (non-hydrogen) atoms. The van der Waals surface area contributed by atoms with Gasteiger partial charge in [0.05, 0.1) is 0 Å². The molecule has 0 N–H and O–H groups in total. The van der Waals surface area contributed by atoms with E-state index < -0.39 is 0 Å². The van der Waals surface area contributed by atoms with E-state index in [2.05, 4.69) is 12.8 Å². The number of hydrogen-bond donors (Lipinski definition) is 0. The van der Waals surface area contributed by atoms with E-state index >= 15 is 0 Å². The van der Waals surface area contributed by atoms with Crippen molar-refractivity contribution in [1.82, 2.24) is 0 Å². The summed E-state index contributed by atoms with van der Waals surface area (Å²) in [6, 6.07) is 0. The van der Waals surface area contributed by atoms with Crippen molar-refractivity contribution in [2.24, 2.45) is 5.41 Å². The van der Waals surface area contributed by atoms with Crippen molar-refractivity contribution in [2.45, 2.75) is 19.8 Å². The molecule has 0 aromatic rings. The molecule has 0 unspecified atom stereocenters. The van der Waals surface area contributed by atoms with Gasteiger partial charge in [-0.3, -0.25) is 0 Å². The first-order valence-electron chi connectivity index (χ1n) is 3.32. The van der Waals surface area contributed by atoms with Crippen LogP contribution in [-0.2, 0) is 4.74 Å². The van der Waals surface area contributed by atoms with E-state index in [0.29, 0.717) is 0 Å². The van der Waals surface area contributed by atoms with E-state index in [1.807, 2.05) is 0 Å². The highest BCUT2D eigenvalue weighted by molar-refractivity contribution is 5.03. The van der Waals surface area contributed by atoms with Crippen LogP contribution >= 0.6 is 0 Å². The van der Waals surface area contributed by atoms with Crippen molar-refractivity contribution in [3.8, 4) is 12.3 Å². The van der Waals surface area contributed by atoms with Gasteiger partial charge in [-0.25, -0.2) is 0 Å². The van der Waals surface area contributed by atoms with Gasteiger partial charge in [-0.1, -0.05) is 0 Å². The zero-order valence-electron chi connectivity index (χ0n) is 5.81. The Morgan fingerprint density at radius 2 is 2.00 bits per heavy atom. The first-order chi connectivity index (χ1) is 4.27. The summed E-state index contributed by atoms with van der Waals surface area (Å²) in [7, 11) is 0. The Kier molecular flexibility index (Phi) is 1.78. The van der Waals surface area contributed by atoms with Crippen LogP contribution in [0.3, 0.4) is 0 Å². The van der Waals surface area contributed by atoms with Gasteiger partial charge >= 0.3 is 0 Å². The van der Waals surface area contributed by atoms with Crippen LogP contribution in [0.1, 0.15) is 19.8 Å². The maximum atomic E-state index is 5.33. The summed E-state index contributed by atoms with van der Waals surface area (Å²) in [4.78, 5) is 0. The Morgan fingerprint density at radius 1 is 1.44 bits per heavy atom. The van der Waals surface area contributed by atoms with Crippen LogP contribution in [0.15, 0.2) is 0 Å². The van der Waals surface area contributed by atoms with Crippen LogP contribution in [0.2, 0.25) is 0 Å². The fourth-order valence-electron chi connectivity index (χ4n) is 0.966. The fourth-order valence-corrected chi connectivity index (χ4v) is 0.966. The number of rotatable bonds is 0. The maximum Gasteiger partial charge on any atom is 0.0480 e. The molecule has 0 radical (unpaired) electrons. The number of terminal acetylenes is 1. The second-order valence-electron chi connectivity index (χ2n) is 2.82. The lowest BCUT2D eigenvalue weighted by Gasteiger charge is -2.27. The summed E-state index contributed by atoms with van der Waals surface area (Å²) >= 11 is 0. The number of ether oxygens (including phenoxy) is 1. The summed E-state index contributed by atoms with van der Waals surface area (Å²) in [5.41, 5.74) is 0.123. The van der Waals surface area contributed by atoms with Gasteiger partial charge in [0.25, 0.3) is 0 Å². The van der Waals surface area contributed by atoms with E-state index in [-0.39, 0.29) is 5.41 Å². The van der Waals surface area contributed by atoms with Crippen molar-refractivity contribution in [3.05, 3.63) is 0 Å². The lowest BCUT2D eigenvalue weighted by Crippen LogP contribution is -2.24. The summed E-state index contributed by atoms with van der Waals surface area (Å²) in [6.45, 7) is 3.79. The third-order valence-electron chi connectivity index (χ3n) is 1.94. The van der Waals surface area contributed by atoms with Gasteiger partial charge in [0.1, 0.15) is 0 Å². The van der Waals surface area contributed by atoms with E-state index in [0.717, 1.165) is 26.1 Å². The summed E-state index contributed by atoms with van der Waals surface area (Å²) in [5.74, 6) is 2.80. The molecule has 0 atom stereocenters. The SMILES string of the molecule is C#CC1(C)CCOCC1. The molecular weight excluding hydrogens is 112 g/mol. The van der Waals surface area contributed by atoms with Gasteiger partial charge in [-0.2, -0.15) is 0 Å². The summed E-state index contributed by atoms with van der Waals surface area (Å²) in [5, 5.41) is 0. The molecule has 0 aromatic heterocycles. The normalized spacial score (nSPS) is 24.9. The Labute approximate surface area is 56.4 Å². The maximum absolute atomic E-state index is 5.33. The molecule has 1 fully saturated rings. The van der Waals surface area contributed by atoms with E-state index in [9.17, 15) is 0 Å². The summed E-state index contributed by atoms with van der Waals surface area (Å²) < 4.78 is 5.17. The molecule has 0 saturated carbocycles. The van der Waals surface area contributed by atoms with Crippen LogP contribution in [0.25, 0.3) is 0 Å². The lowest BCUT2D eigenvalue weighted by atomic mass is 9.84. The van der Waals surface area contributed by atoms with Crippen LogP contribution in [0.4, 0.5) is 0 Å². The molecule has 1 saturated heterocycles. The molecular formula is C8H12O. The smallest absolute Gasteiger partial charge is 0.0480 e. The van der Waals surface area contributed by atoms with Crippen LogP contribution in [-0.4, -0.2) is 13.2 Å². The third-order valence-corrected chi connectivity index (χ3v) is 1.94. The second-order valence-corrected chi connectivity index (χ2v) is 2.82. The van der Waals surface area contributed by atoms with Gasteiger partial charge in [0.2, 0.25) is 0 Å². The molecule has 1 aliphatic heterocycles. The first-order valence-corrected chi connectivity index (χ1v) is 3.32. The average Bonchev–Trinajstić information content (AvgIpc) is 1.90. The quantitative estimate of drug-likeness (QED) is 0.444. The molecule has 0 bridgehead atoms. The lowest BCUT2D eigenvalue weighted by molar-refractivity contribution is 0.0487. The second kappa shape index (κ2) is 2.41. The minimum Gasteiger partial charge on any atom is -0.381 e. The standard InChI is InChI=1S/C8H12O/c1-3-8(2)4-6-9-7-5-8/h1H,4-7H2,2H3. The molecule has 0 aliphatic carbocycles. The molecule has 1 heteroatoms. The van der Waals surface area contributed by atoms with Gasteiger partial charge in [0, 0.05) is 18.6 Å². The Bertz CT molecular complexity index is 126. The van der Waals surface area contributed by atoms with Crippen molar-refractivity contribution in [1.29, 1.82) is 0 Å². The van der Waals surface area contributed by atoms with Crippen molar-refractivity contribution in [3.63, 3.8) is 0 Å². The topological polar surface area (TPSA) is 9.23 Å². The van der Waals surface area contributed by atoms with Gasteiger partial charge in [-0.05, 0) is 19.8 Å². The highest BCUT2D eigenvalue weighted by Crippen LogP contribution is 2.27. The monoisotopic (exact) mass is 124 g/mol. The van der Waals surface area contributed by atoms with Gasteiger partial charge < -0.3 is 4.74 Å². The molecule has 1 nitrogen and oxygen atoms in total.